The number of nitrogens with one attached hydrogen (secondary N) is 1. The van der Waals surface area contributed by atoms with Crippen molar-refractivity contribution in [3.05, 3.63) is 81.0 Å². The zero-order valence-corrected chi connectivity index (χ0v) is 14.3. The summed E-state index contributed by atoms with van der Waals surface area (Å²) in [5.74, 6) is 0.636. The number of nitrogens with zero attached hydrogens (tertiary/aromatic N) is 3. The molecule has 126 valence electrons. The molecule has 1 aliphatic heterocycles. The predicted molar refractivity (Wildman–Crippen MR) is 97.4 cm³/mol. The first-order valence-electron chi connectivity index (χ1n) is 8.18. The van der Waals surface area contributed by atoms with Crippen LogP contribution >= 0.6 is 11.6 Å². The van der Waals surface area contributed by atoms with E-state index in [0.717, 1.165) is 35.3 Å². The number of H-pyrrole nitrogens is 1. The monoisotopic (exact) mass is 352 g/mol. The Morgan fingerprint density at radius 1 is 1.20 bits per heavy atom. The van der Waals surface area contributed by atoms with E-state index in [4.69, 9.17) is 11.6 Å². The quantitative estimate of drug-likeness (QED) is 0.787. The molecular formula is C19H17ClN4O. The van der Waals surface area contributed by atoms with Crippen LogP contribution in [-0.4, -0.2) is 26.4 Å². The topological polar surface area (TPSA) is 61.9 Å². The Labute approximate surface area is 150 Å². The summed E-state index contributed by atoms with van der Waals surface area (Å²) in [5, 5.41) is 0.627. The number of rotatable bonds is 3. The number of benzene rings is 1. The molecule has 0 radical (unpaired) electrons. The van der Waals surface area contributed by atoms with Crippen LogP contribution < -0.4 is 5.56 Å². The van der Waals surface area contributed by atoms with Gasteiger partial charge in [0.25, 0.3) is 5.56 Å². The van der Waals surface area contributed by atoms with Gasteiger partial charge in [0.15, 0.2) is 0 Å². The summed E-state index contributed by atoms with van der Waals surface area (Å²) < 4.78 is 0. The van der Waals surface area contributed by atoms with Crippen LogP contribution in [0, 0.1) is 0 Å². The maximum atomic E-state index is 12.6. The van der Waals surface area contributed by atoms with Crippen molar-refractivity contribution >= 4 is 11.6 Å². The molecule has 1 N–H and O–H groups in total. The lowest BCUT2D eigenvalue weighted by molar-refractivity contribution is 0.241. The first kappa shape index (κ1) is 16.0. The van der Waals surface area contributed by atoms with Crippen LogP contribution in [0.25, 0.3) is 11.4 Å². The molecule has 0 spiro atoms. The normalized spacial score (nSPS) is 14.3. The summed E-state index contributed by atoms with van der Waals surface area (Å²) in [4.78, 5) is 26.5. The summed E-state index contributed by atoms with van der Waals surface area (Å²) in [6.07, 6.45) is 4.19. The molecule has 2 aromatic heterocycles. The summed E-state index contributed by atoms with van der Waals surface area (Å²) in [6.45, 7) is 2.15. The smallest absolute Gasteiger partial charge is 0.255 e. The average Bonchev–Trinajstić information content (AvgIpc) is 2.63. The van der Waals surface area contributed by atoms with Gasteiger partial charge in [-0.1, -0.05) is 41.9 Å². The van der Waals surface area contributed by atoms with E-state index in [2.05, 4.69) is 19.9 Å². The number of aromatic nitrogens is 3. The summed E-state index contributed by atoms with van der Waals surface area (Å²) in [5.41, 5.74) is 3.55. The van der Waals surface area contributed by atoms with Gasteiger partial charge in [0.2, 0.25) is 0 Å². The van der Waals surface area contributed by atoms with Crippen LogP contribution in [0.5, 0.6) is 0 Å². The van der Waals surface area contributed by atoms with Crippen LogP contribution in [0.4, 0.5) is 0 Å². The van der Waals surface area contributed by atoms with E-state index in [1.807, 2.05) is 42.6 Å². The maximum Gasteiger partial charge on any atom is 0.255 e. The van der Waals surface area contributed by atoms with Crippen molar-refractivity contribution in [2.45, 2.75) is 19.5 Å². The van der Waals surface area contributed by atoms with Crippen molar-refractivity contribution in [2.24, 2.45) is 0 Å². The Bertz CT molecular complexity index is 955. The number of hydrogen-bond acceptors (Lipinski definition) is 4. The van der Waals surface area contributed by atoms with Crippen molar-refractivity contribution in [2.75, 3.05) is 6.54 Å². The van der Waals surface area contributed by atoms with Gasteiger partial charge in [-0.3, -0.25) is 14.7 Å². The van der Waals surface area contributed by atoms with Crippen LogP contribution in [0.1, 0.15) is 16.8 Å². The summed E-state index contributed by atoms with van der Waals surface area (Å²) >= 11 is 6.00. The lowest BCUT2D eigenvalue weighted by atomic mass is 10.1. The van der Waals surface area contributed by atoms with Crippen LogP contribution in [0.2, 0.25) is 5.02 Å². The van der Waals surface area contributed by atoms with Crippen molar-refractivity contribution < 1.29 is 0 Å². The highest BCUT2D eigenvalue weighted by atomic mass is 35.5. The molecule has 0 atom stereocenters. The molecule has 0 amide bonds. The third kappa shape index (κ3) is 3.48. The molecule has 0 bridgehead atoms. The van der Waals surface area contributed by atoms with Gasteiger partial charge in [0.1, 0.15) is 5.82 Å². The third-order valence-electron chi connectivity index (χ3n) is 4.36. The standard InChI is InChI=1S/C19H17ClN4O/c20-15-8-13(9-21-10-15)11-24-7-6-17-16(12-24)19(25)23-18(22-17)14-4-2-1-3-5-14/h1-5,8-10H,6-7,11-12H2,(H,22,23,25). The number of pyridine rings is 1. The van der Waals surface area contributed by atoms with Gasteiger partial charge in [-0.15, -0.1) is 0 Å². The molecule has 3 aromatic rings. The molecule has 0 aliphatic carbocycles. The summed E-state index contributed by atoms with van der Waals surface area (Å²) in [7, 11) is 0. The van der Waals surface area contributed by atoms with Gasteiger partial charge in [-0.05, 0) is 11.6 Å². The predicted octanol–water partition coefficient (Wildman–Crippen LogP) is 3.04. The van der Waals surface area contributed by atoms with E-state index in [0.29, 0.717) is 23.9 Å². The molecule has 25 heavy (non-hydrogen) atoms. The lowest BCUT2D eigenvalue weighted by Crippen LogP contribution is -2.35. The second kappa shape index (κ2) is 6.78. The largest absolute Gasteiger partial charge is 0.306 e. The Morgan fingerprint density at radius 2 is 2.04 bits per heavy atom. The first-order chi connectivity index (χ1) is 12.2. The molecule has 0 unspecified atom stereocenters. The Balaban J connectivity index is 1.58. The van der Waals surface area contributed by atoms with Gasteiger partial charge in [0.05, 0.1) is 16.3 Å². The molecule has 0 fully saturated rings. The van der Waals surface area contributed by atoms with E-state index in [-0.39, 0.29) is 5.56 Å². The zero-order chi connectivity index (χ0) is 17.2. The zero-order valence-electron chi connectivity index (χ0n) is 13.6. The van der Waals surface area contributed by atoms with E-state index < -0.39 is 0 Å². The third-order valence-corrected chi connectivity index (χ3v) is 4.57. The van der Waals surface area contributed by atoms with Crippen LogP contribution in [-0.2, 0) is 19.5 Å². The SMILES string of the molecule is O=c1[nH]c(-c2ccccc2)nc2c1CN(Cc1cncc(Cl)c1)CC2. The van der Waals surface area contributed by atoms with E-state index in [1.165, 1.54) is 0 Å². The molecular weight excluding hydrogens is 336 g/mol. The average molecular weight is 353 g/mol. The highest BCUT2D eigenvalue weighted by Crippen LogP contribution is 2.20. The fourth-order valence-electron chi connectivity index (χ4n) is 3.15. The Hall–Kier alpha value is -2.50. The number of halogens is 1. The molecule has 1 aromatic carbocycles. The molecule has 3 heterocycles. The fourth-order valence-corrected chi connectivity index (χ4v) is 3.35. The fraction of sp³-hybridized carbons (Fsp3) is 0.211. The van der Waals surface area contributed by atoms with Crippen molar-refractivity contribution in [1.82, 2.24) is 19.9 Å². The maximum absolute atomic E-state index is 12.6. The molecule has 4 rings (SSSR count). The summed E-state index contributed by atoms with van der Waals surface area (Å²) in [6, 6.07) is 11.6. The Kier molecular flexibility index (Phi) is 4.34. The van der Waals surface area contributed by atoms with Crippen molar-refractivity contribution in [3.8, 4) is 11.4 Å². The van der Waals surface area contributed by atoms with Crippen LogP contribution in [0.3, 0.4) is 0 Å². The molecule has 5 nitrogen and oxygen atoms in total. The first-order valence-corrected chi connectivity index (χ1v) is 8.56. The van der Waals surface area contributed by atoms with Gasteiger partial charge in [0, 0.05) is 44.0 Å². The number of fused-ring (bicyclic) bond motifs is 1. The molecule has 1 aliphatic rings. The number of hydrogen-bond donors (Lipinski definition) is 1. The second-order valence-electron chi connectivity index (χ2n) is 6.18. The Morgan fingerprint density at radius 3 is 2.84 bits per heavy atom. The minimum atomic E-state index is -0.0576. The van der Waals surface area contributed by atoms with E-state index >= 15 is 0 Å². The number of aromatic amines is 1. The van der Waals surface area contributed by atoms with Gasteiger partial charge < -0.3 is 4.98 Å². The molecule has 0 saturated carbocycles. The van der Waals surface area contributed by atoms with Gasteiger partial charge in [-0.2, -0.15) is 0 Å². The van der Waals surface area contributed by atoms with Crippen molar-refractivity contribution in [3.63, 3.8) is 0 Å². The van der Waals surface area contributed by atoms with Gasteiger partial charge in [-0.25, -0.2) is 4.98 Å². The molecule has 0 saturated heterocycles. The second-order valence-corrected chi connectivity index (χ2v) is 6.61. The van der Waals surface area contributed by atoms with E-state index in [1.54, 1.807) is 6.20 Å². The van der Waals surface area contributed by atoms with Gasteiger partial charge >= 0.3 is 0 Å². The van der Waals surface area contributed by atoms with Crippen molar-refractivity contribution in [1.29, 1.82) is 0 Å². The highest BCUT2D eigenvalue weighted by molar-refractivity contribution is 6.30. The highest BCUT2D eigenvalue weighted by Gasteiger charge is 2.21. The van der Waals surface area contributed by atoms with E-state index in [9.17, 15) is 4.79 Å². The van der Waals surface area contributed by atoms with Crippen LogP contribution in [0.15, 0.2) is 53.6 Å². The molecule has 6 heteroatoms. The minimum absolute atomic E-state index is 0.0576. The lowest BCUT2D eigenvalue weighted by Gasteiger charge is -2.27. The minimum Gasteiger partial charge on any atom is -0.306 e.